The summed E-state index contributed by atoms with van der Waals surface area (Å²) in [6.07, 6.45) is 2.81. The SMILES string of the molecule is CCOc1ccc(S(=O)(=O)N(C(=O)c2ccncc2)c2ccc3oc(=O)sc3c2)cc1. The van der Waals surface area contributed by atoms with Crippen LogP contribution in [0.25, 0.3) is 10.3 Å². The molecule has 0 aliphatic rings. The maximum atomic E-state index is 13.5. The van der Waals surface area contributed by atoms with Crippen molar-refractivity contribution >= 4 is 43.2 Å². The lowest BCUT2D eigenvalue weighted by Crippen LogP contribution is -2.37. The van der Waals surface area contributed by atoms with Gasteiger partial charge in [0.25, 0.3) is 15.9 Å². The second kappa shape index (κ2) is 8.32. The van der Waals surface area contributed by atoms with Gasteiger partial charge in [0.15, 0.2) is 0 Å². The summed E-state index contributed by atoms with van der Waals surface area (Å²) >= 11 is 0.824. The number of aromatic nitrogens is 1. The number of nitrogens with zero attached hydrogens (tertiary/aromatic N) is 2. The van der Waals surface area contributed by atoms with Crippen molar-refractivity contribution in [3.05, 3.63) is 82.3 Å². The zero-order valence-electron chi connectivity index (χ0n) is 16.2. The van der Waals surface area contributed by atoms with Crippen molar-refractivity contribution in [3.8, 4) is 5.75 Å². The Morgan fingerprint density at radius 1 is 1.10 bits per heavy atom. The van der Waals surface area contributed by atoms with E-state index in [1.807, 2.05) is 6.92 Å². The largest absolute Gasteiger partial charge is 0.494 e. The number of hydrogen-bond donors (Lipinski definition) is 0. The lowest BCUT2D eigenvalue weighted by atomic mass is 10.2. The van der Waals surface area contributed by atoms with Gasteiger partial charge in [0.2, 0.25) is 0 Å². The topological polar surface area (TPSA) is 107 Å². The smallest absolute Gasteiger partial charge is 0.396 e. The van der Waals surface area contributed by atoms with E-state index in [1.54, 1.807) is 0 Å². The first-order valence-corrected chi connectivity index (χ1v) is 11.4. The Labute approximate surface area is 181 Å². The summed E-state index contributed by atoms with van der Waals surface area (Å²) in [6.45, 7) is 2.26. The molecule has 2 heterocycles. The molecule has 0 aliphatic carbocycles. The minimum absolute atomic E-state index is 0.0836. The predicted octanol–water partition coefficient (Wildman–Crippen LogP) is 3.68. The molecule has 2 aromatic heterocycles. The van der Waals surface area contributed by atoms with Gasteiger partial charge in [-0.15, -0.1) is 0 Å². The maximum Gasteiger partial charge on any atom is 0.396 e. The van der Waals surface area contributed by atoms with E-state index in [1.165, 1.54) is 67.0 Å². The Balaban J connectivity index is 1.86. The third-order valence-electron chi connectivity index (χ3n) is 4.33. The summed E-state index contributed by atoms with van der Waals surface area (Å²) < 4.78 is 38.6. The molecule has 10 heteroatoms. The fourth-order valence-corrected chi connectivity index (χ4v) is 5.05. The molecule has 0 bridgehead atoms. The predicted molar refractivity (Wildman–Crippen MR) is 116 cm³/mol. The highest BCUT2D eigenvalue weighted by Gasteiger charge is 2.32. The Hall–Kier alpha value is -3.50. The van der Waals surface area contributed by atoms with E-state index in [-0.39, 0.29) is 16.1 Å². The third-order valence-corrected chi connectivity index (χ3v) is 6.85. The highest BCUT2D eigenvalue weighted by Crippen LogP contribution is 2.30. The van der Waals surface area contributed by atoms with Crippen LogP contribution in [0, 0.1) is 0 Å². The first kappa shape index (κ1) is 20.8. The van der Waals surface area contributed by atoms with Gasteiger partial charge in [-0.2, -0.15) is 4.31 Å². The molecule has 0 saturated heterocycles. The maximum absolute atomic E-state index is 13.5. The normalized spacial score (nSPS) is 11.4. The molecule has 4 rings (SSSR count). The molecule has 1 amide bonds. The number of rotatable bonds is 6. The van der Waals surface area contributed by atoms with E-state index in [4.69, 9.17) is 9.15 Å². The number of carbonyl (C=O) groups is 1. The summed E-state index contributed by atoms with van der Waals surface area (Å²) in [5.74, 6) is -0.246. The molecule has 0 unspecified atom stereocenters. The molecule has 31 heavy (non-hydrogen) atoms. The number of sulfonamides is 1. The monoisotopic (exact) mass is 456 g/mol. The van der Waals surface area contributed by atoms with Gasteiger partial charge in [-0.05, 0) is 61.5 Å². The number of benzene rings is 2. The molecule has 0 spiro atoms. The van der Waals surface area contributed by atoms with Gasteiger partial charge in [0, 0.05) is 18.0 Å². The summed E-state index contributed by atoms with van der Waals surface area (Å²) in [4.78, 5) is 28.1. The van der Waals surface area contributed by atoms with Crippen LogP contribution in [0.4, 0.5) is 5.69 Å². The number of ether oxygens (including phenoxy) is 1. The quantitative estimate of drug-likeness (QED) is 0.436. The highest BCUT2D eigenvalue weighted by atomic mass is 32.2. The van der Waals surface area contributed by atoms with E-state index in [9.17, 15) is 18.0 Å². The molecule has 0 fully saturated rings. The standard InChI is InChI=1S/C21H16N2O6S2/c1-2-28-16-4-6-17(7-5-16)31(26,27)23(20(24)14-9-11-22-12-10-14)15-3-8-18-19(13-15)30-21(25)29-18/h3-13H,2H2,1H3. The van der Waals surface area contributed by atoms with Crippen LogP contribution in [0.5, 0.6) is 5.75 Å². The number of fused-ring (bicyclic) bond motifs is 1. The fraction of sp³-hybridized carbons (Fsp3) is 0.0952. The number of carbonyl (C=O) groups excluding carboxylic acids is 1. The molecule has 0 radical (unpaired) electrons. The van der Waals surface area contributed by atoms with Gasteiger partial charge in [-0.3, -0.25) is 9.78 Å². The molecule has 0 saturated carbocycles. The van der Waals surface area contributed by atoms with Gasteiger partial charge < -0.3 is 9.15 Å². The van der Waals surface area contributed by atoms with Crippen LogP contribution in [0.15, 0.2) is 81.1 Å². The molecule has 4 aromatic rings. The van der Waals surface area contributed by atoms with Crippen molar-refractivity contribution in [1.29, 1.82) is 0 Å². The van der Waals surface area contributed by atoms with Crippen molar-refractivity contribution in [3.63, 3.8) is 0 Å². The number of anilines is 1. The second-order valence-electron chi connectivity index (χ2n) is 6.30. The van der Waals surface area contributed by atoms with Crippen LogP contribution in [-0.4, -0.2) is 25.9 Å². The summed E-state index contributed by atoms with van der Waals surface area (Å²) in [5, 5.41) is 0. The van der Waals surface area contributed by atoms with E-state index in [2.05, 4.69) is 4.98 Å². The summed E-state index contributed by atoms with van der Waals surface area (Å²) in [7, 11) is -4.29. The molecule has 0 N–H and O–H groups in total. The van der Waals surface area contributed by atoms with E-state index >= 15 is 0 Å². The third kappa shape index (κ3) is 4.07. The van der Waals surface area contributed by atoms with Crippen molar-refractivity contribution in [2.24, 2.45) is 0 Å². The van der Waals surface area contributed by atoms with Crippen molar-refractivity contribution < 1.29 is 22.4 Å². The van der Waals surface area contributed by atoms with Gasteiger partial charge >= 0.3 is 4.94 Å². The van der Waals surface area contributed by atoms with Gasteiger partial charge in [0.1, 0.15) is 11.3 Å². The van der Waals surface area contributed by atoms with Crippen molar-refractivity contribution in [1.82, 2.24) is 4.98 Å². The zero-order valence-corrected chi connectivity index (χ0v) is 17.9. The lowest BCUT2D eigenvalue weighted by molar-refractivity contribution is 0.101. The first-order chi connectivity index (χ1) is 14.9. The van der Waals surface area contributed by atoms with Gasteiger partial charge in [-0.1, -0.05) is 11.3 Å². The fourth-order valence-electron chi connectivity index (χ4n) is 2.94. The number of amides is 1. The van der Waals surface area contributed by atoms with Crippen LogP contribution in [0.1, 0.15) is 17.3 Å². The average Bonchev–Trinajstić information content (AvgIpc) is 3.14. The Morgan fingerprint density at radius 2 is 1.81 bits per heavy atom. The summed E-state index contributed by atoms with van der Waals surface area (Å²) in [5.41, 5.74) is 0.541. The Kier molecular flexibility index (Phi) is 5.57. The molecule has 2 aromatic carbocycles. The lowest BCUT2D eigenvalue weighted by Gasteiger charge is -2.23. The second-order valence-corrected chi connectivity index (χ2v) is 9.06. The number of hydrogen-bond acceptors (Lipinski definition) is 8. The van der Waals surface area contributed by atoms with Gasteiger partial charge in [-0.25, -0.2) is 13.2 Å². The molecule has 8 nitrogen and oxygen atoms in total. The minimum atomic E-state index is -4.29. The van der Waals surface area contributed by atoms with Crippen LogP contribution in [0.2, 0.25) is 0 Å². The Bertz CT molecular complexity index is 1390. The molecule has 0 aliphatic heterocycles. The zero-order chi connectivity index (χ0) is 22.0. The highest BCUT2D eigenvalue weighted by molar-refractivity contribution is 7.93. The first-order valence-electron chi connectivity index (χ1n) is 9.16. The molecule has 0 atom stereocenters. The molecular formula is C21H16N2O6S2. The number of pyridine rings is 1. The van der Waals surface area contributed by atoms with Crippen LogP contribution in [0.3, 0.4) is 0 Å². The van der Waals surface area contributed by atoms with Crippen molar-refractivity contribution in [2.75, 3.05) is 10.9 Å². The van der Waals surface area contributed by atoms with Crippen LogP contribution >= 0.6 is 11.3 Å². The summed E-state index contributed by atoms with van der Waals surface area (Å²) in [6, 6.07) is 13.0. The minimum Gasteiger partial charge on any atom is -0.494 e. The van der Waals surface area contributed by atoms with E-state index in [0.29, 0.717) is 26.9 Å². The molecule has 158 valence electrons. The average molecular weight is 457 g/mol. The van der Waals surface area contributed by atoms with Crippen molar-refractivity contribution in [2.45, 2.75) is 11.8 Å². The van der Waals surface area contributed by atoms with Crippen LogP contribution in [-0.2, 0) is 10.0 Å². The van der Waals surface area contributed by atoms with Gasteiger partial charge in [0.05, 0.1) is 21.9 Å². The van der Waals surface area contributed by atoms with E-state index < -0.39 is 20.9 Å². The van der Waals surface area contributed by atoms with Crippen LogP contribution < -0.4 is 14.0 Å². The van der Waals surface area contributed by atoms with E-state index in [0.717, 1.165) is 11.3 Å². The Morgan fingerprint density at radius 3 is 2.48 bits per heavy atom. The molecular weight excluding hydrogens is 440 g/mol.